The van der Waals surface area contributed by atoms with Crippen LogP contribution in [0.25, 0.3) is 12.2 Å². The van der Waals surface area contributed by atoms with Gasteiger partial charge in [0.05, 0.1) is 5.60 Å². The smallest absolute Gasteiger partial charge is 0.123 e. The van der Waals surface area contributed by atoms with Crippen LogP contribution in [0.15, 0.2) is 42.0 Å². The van der Waals surface area contributed by atoms with Gasteiger partial charge in [0.15, 0.2) is 0 Å². The van der Waals surface area contributed by atoms with E-state index in [1.165, 1.54) is 6.07 Å². The van der Waals surface area contributed by atoms with E-state index in [1.807, 2.05) is 32.1 Å². The molecule has 0 radical (unpaired) electrons. The molecule has 150 valence electrons. The number of hydrogen-bond donors (Lipinski definition) is 4. The summed E-state index contributed by atoms with van der Waals surface area (Å²) >= 11 is 0. The first-order valence-electron chi connectivity index (χ1n) is 9.46. The zero-order valence-electron chi connectivity index (χ0n) is 17.0. The van der Waals surface area contributed by atoms with Crippen LogP contribution in [0.3, 0.4) is 0 Å². The highest BCUT2D eigenvalue weighted by Gasteiger charge is 2.19. The van der Waals surface area contributed by atoms with E-state index in [2.05, 4.69) is 0 Å². The summed E-state index contributed by atoms with van der Waals surface area (Å²) in [6.45, 7) is 7.47. The van der Waals surface area contributed by atoms with Crippen molar-refractivity contribution in [2.45, 2.75) is 52.6 Å². The normalized spacial score (nSPS) is 11.8. The van der Waals surface area contributed by atoms with Crippen molar-refractivity contribution in [1.82, 2.24) is 0 Å². The Kier molecular flexibility index (Phi) is 6.92. The molecule has 2 aromatic rings. The minimum absolute atomic E-state index is 0.0213. The first-order chi connectivity index (χ1) is 13.1. The Labute approximate surface area is 167 Å². The number of benzene rings is 2. The molecular weight excluding hydrogens is 352 g/mol. The van der Waals surface area contributed by atoms with Crippen molar-refractivity contribution < 1.29 is 20.4 Å². The molecule has 28 heavy (non-hydrogen) atoms. The van der Waals surface area contributed by atoms with Gasteiger partial charge in [-0.2, -0.15) is 0 Å². The van der Waals surface area contributed by atoms with Crippen molar-refractivity contribution in [3.05, 3.63) is 64.2 Å². The third kappa shape index (κ3) is 6.17. The summed E-state index contributed by atoms with van der Waals surface area (Å²) in [7, 11) is 0. The van der Waals surface area contributed by atoms with Gasteiger partial charge in [-0.15, -0.1) is 0 Å². The molecule has 0 heterocycles. The van der Waals surface area contributed by atoms with E-state index < -0.39 is 5.60 Å². The molecule has 0 aliphatic rings. The highest BCUT2D eigenvalue weighted by molar-refractivity contribution is 5.76. The zero-order chi connectivity index (χ0) is 20.9. The minimum Gasteiger partial charge on any atom is -0.508 e. The molecule has 4 N–H and O–H groups in total. The first-order valence-corrected chi connectivity index (χ1v) is 9.46. The second kappa shape index (κ2) is 8.98. The van der Waals surface area contributed by atoms with E-state index in [1.54, 1.807) is 38.1 Å². The number of hydrogen-bond acceptors (Lipinski definition) is 4. The van der Waals surface area contributed by atoms with Gasteiger partial charge in [0.2, 0.25) is 0 Å². The van der Waals surface area contributed by atoms with Crippen LogP contribution in [0.4, 0.5) is 0 Å². The molecule has 0 saturated carbocycles. The van der Waals surface area contributed by atoms with Crippen LogP contribution >= 0.6 is 0 Å². The largest absolute Gasteiger partial charge is 0.508 e. The molecule has 0 amide bonds. The van der Waals surface area contributed by atoms with Crippen LogP contribution in [-0.4, -0.2) is 26.0 Å². The lowest BCUT2D eigenvalue weighted by molar-refractivity contribution is 0.0712. The van der Waals surface area contributed by atoms with Crippen LogP contribution in [-0.2, 0) is 12.8 Å². The fourth-order valence-corrected chi connectivity index (χ4v) is 2.94. The maximum Gasteiger partial charge on any atom is 0.123 e. The number of phenols is 3. The number of rotatable bonds is 7. The van der Waals surface area contributed by atoms with Gasteiger partial charge in [0.25, 0.3) is 0 Å². The van der Waals surface area contributed by atoms with Gasteiger partial charge < -0.3 is 20.4 Å². The van der Waals surface area contributed by atoms with Crippen LogP contribution in [0, 0.1) is 0 Å². The summed E-state index contributed by atoms with van der Waals surface area (Å²) in [5, 5.41) is 40.5. The second-order valence-corrected chi connectivity index (χ2v) is 8.01. The van der Waals surface area contributed by atoms with Gasteiger partial charge in [-0.3, -0.25) is 0 Å². The molecule has 0 unspecified atom stereocenters. The summed E-state index contributed by atoms with van der Waals surface area (Å²) in [4.78, 5) is 0. The summed E-state index contributed by atoms with van der Waals surface area (Å²) < 4.78 is 0. The molecule has 0 aromatic heterocycles. The highest BCUT2D eigenvalue weighted by atomic mass is 16.3. The Morgan fingerprint density at radius 3 is 2.11 bits per heavy atom. The van der Waals surface area contributed by atoms with E-state index in [4.69, 9.17) is 0 Å². The van der Waals surface area contributed by atoms with Crippen molar-refractivity contribution in [2.24, 2.45) is 0 Å². The van der Waals surface area contributed by atoms with E-state index in [-0.39, 0.29) is 17.2 Å². The molecule has 0 aliphatic heterocycles. The third-order valence-electron chi connectivity index (χ3n) is 4.58. The maximum absolute atomic E-state index is 10.5. The SMILES string of the molecule is CC(C)=CCc1c(O)cc(O)c(CCC(C)(C)O)c1/C=C\c1ccc(O)cc1. The van der Waals surface area contributed by atoms with E-state index >= 15 is 0 Å². The molecule has 4 nitrogen and oxygen atoms in total. The average Bonchev–Trinajstić information content (AvgIpc) is 2.58. The highest BCUT2D eigenvalue weighted by Crippen LogP contribution is 2.36. The second-order valence-electron chi connectivity index (χ2n) is 8.01. The Bertz CT molecular complexity index is 865. The average molecular weight is 383 g/mol. The van der Waals surface area contributed by atoms with E-state index in [0.29, 0.717) is 24.8 Å². The third-order valence-corrected chi connectivity index (χ3v) is 4.58. The van der Waals surface area contributed by atoms with Gasteiger partial charge in [-0.05, 0) is 70.2 Å². The summed E-state index contributed by atoms with van der Waals surface area (Å²) in [6.07, 6.45) is 7.29. The zero-order valence-corrected chi connectivity index (χ0v) is 17.0. The summed E-state index contributed by atoms with van der Waals surface area (Å²) in [5.41, 5.74) is 3.36. The van der Waals surface area contributed by atoms with Gasteiger partial charge in [0.1, 0.15) is 17.2 Å². The lowest BCUT2D eigenvalue weighted by Crippen LogP contribution is -2.19. The standard InChI is InChI=1S/C24H30O4/c1-16(2)5-11-20-19(12-8-17-6-9-18(25)10-7-17)21(13-14-24(3,4)28)23(27)15-22(20)26/h5-10,12,15,25-28H,11,13-14H2,1-4H3/b12-8-. The number of allylic oxidation sites excluding steroid dienone is 2. The van der Waals surface area contributed by atoms with Crippen molar-refractivity contribution in [1.29, 1.82) is 0 Å². The van der Waals surface area contributed by atoms with Gasteiger partial charge in [0, 0.05) is 17.2 Å². The van der Waals surface area contributed by atoms with Crippen LogP contribution in [0.1, 0.15) is 56.4 Å². The van der Waals surface area contributed by atoms with Crippen LogP contribution in [0.5, 0.6) is 17.2 Å². The molecular formula is C24H30O4. The lowest BCUT2D eigenvalue weighted by Gasteiger charge is -2.20. The van der Waals surface area contributed by atoms with Crippen LogP contribution in [0.2, 0.25) is 0 Å². The van der Waals surface area contributed by atoms with Crippen LogP contribution < -0.4 is 0 Å². The number of phenolic OH excluding ortho intramolecular Hbond substituents is 3. The maximum atomic E-state index is 10.5. The van der Waals surface area contributed by atoms with Gasteiger partial charge >= 0.3 is 0 Å². The monoisotopic (exact) mass is 382 g/mol. The van der Waals surface area contributed by atoms with Crippen molar-refractivity contribution in [3.63, 3.8) is 0 Å². The molecule has 0 aliphatic carbocycles. The van der Waals surface area contributed by atoms with Crippen molar-refractivity contribution in [3.8, 4) is 17.2 Å². The lowest BCUT2D eigenvalue weighted by atomic mass is 9.90. The molecule has 0 atom stereocenters. The van der Waals surface area contributed by atoms with E-state index in [0.717, 1.165) is 22.3 Å². The molecule has 0 saturated heterocycles. The van der Waals surface area contributed by atoms with Crippen molar-refractivity contribution in [2.75, 3.05) is 0 Å². The molecule has 0 fully saturated rings. The quantitative estimate of drug-likeness (QED) is 0.393. The molecule has 4 heteroatoms. The fraction of sp³-hybridized carbons (Fsp3) is 0.333. The van der Waals surface area contributed by atoms with Gasteiger partial charge in [-0.25, -0.2) is 0 Å². The molecule has 2 rings (SSSR count). The summed E-state index contributed by atoms with van der Waals surface area (Å²) in [5.74, 6) is 0.266. The van der Waals surface area contributed by atoms with Gasteiger partial charge in [-0.1, -0.05) is 35.9 Å². The molecule has 0 bridgehead atoms. The van der Waals surface area contributed by atoms with E-state index in [9.17, 15) is 20.4 Å². The fourth-order valence-electron chi connectivity index (χ4n) is 2.94. The van der Waals surface area contributed by atoms with Crippen molar-refractivity contribution >= 4 is 12.2 Å². The Balaban J connectivity index is 2.54. The topological polar surface area (TPSA) is 80.9 Å². The summed E-state index contributed by atoms with van der Waals surface area (Å²) in [6, 6.07) is 8.19. The Hall–Kier alpha value is -2.72. The predicted molar refractivity (Wildman–Crippen MR) is 115 cm³/mol. The predicted octanol–water partition coefficient (Wildman–Crippen LogP) is 5.19. The number of aliphatic hydroxyl groups is 1. The Morgan fingerprint density at radius 1 is 0.929 bits per heavy atom. The Morgan fingerprint density at radius 2 is 1.54 bits per heavy atom. The number of aromatic hydroxyl groups is 3. The first kappa shape index (κ1) is 21.6. The minimum atomic E-state index is -0.859. The molecule has 0 spiro atoms. The molecule has 2 aromatic carbocycles.